The summed E-state index contributed by atoms with van der Waals surface area (Å²) in [4.78, 5) is 11.4. The van der Waals surface area contributed by atoms with Gasteiger partial charge in [0.1, 0.15) is 5.76 Å². The summed E-state index contributed by atoms with van der Waals surface area (Å²) in [5, 5.41) is 7.04. The zero-order valence-electron chi connectivity index (χ0n) is 19.6. The summed E-state index contributed by atoms with van der Waals surface area (Å²) >= 11 is 0. The Bertz CT molecular complexity index is 805. The Labute approximate surface area is 204 Å². The van der Waals surface area contributed by atoms with Gasteiger partial charge in [0.15, 0.2) is 5.96 Å². The topological polar surface area (TPSA) is 65.7 Å². The van der Waals surface area contributed by atoms with Crippen molar-refractivity contribution in [1.82, 2.24) is 20.5 Å². The van der Waals surface area contributed by atoms with Crippen LogP contribution in [-0.4, -0.2) is 42.5 Å². The Morgan fingerprint density at radius 1 is 1.23 bits per heavy atom. The molecule has 0 saturated carbocycles. The van der Waals surface area contributed by atoms with Crippen molar-refractivity contribution in [1.29, 1.82) is 0 Å². The number of oxazole rings is 1. The molecule has 1 fully saturated rings. The van der Waals surface area contributed by atoms with E-state index in [0.29, 0.717) is 5.92 Å². The molecule has 0 aliphatic carbocycles. The molecule has 1 unspecified atom stereocenters. The highest BCUT2D eigenvalue weighted by Crippen LogP contribution is 2.19. The van der Waals surface area contributed by atoms with Crippen molar-refractivity contribution in [3.05, 3.63) is 52.7 Å². The van der Waals surface area contributed by atoms with Gasteiger partial charge in [0, 0.05) is 13.6 Å². The van der Waals surface area contributed by atoms with Crippen LogP contribution < -0.4 is 10.6 Å². The first kappa shape index (κ1) is 25.6. The van der Waals surface area contributed by atoms with Gasteiger partial charge in [0.05, 0.1) is 18.3 Å². The molecule has 7 heteroatoms. The Hall–Kier alpha value is -1.61. The molecular formula is C24H38IN5O. The lowest BCUT2D eigenvalue weighted by Crippen LogP contribution is -2.43. The fraction of sp³-hybridized carbons (Fsp3) is 0.583. The van der Waals surface area contributed by atoms with Gasteiger partial charge in [-0.1, -0.05) is 31.2 Å². The second-order valence-electron chi connectivity index (χ2n) is 8.38. The van der Waals surface area contributed by atoms with Crippen LogP contribution in [0.25, 0.3) is 0 Å². The molecule has 1 aromatic heterocycles. The minimum atomic E-state index is 0. The molecule has 0 bridgehead atoms. The molecule has 6 nitrogen and oxygen atoms in total. The zero-order chi connectivity index (χ0) is 21.5. The van der Waals surface area contributed by atoms with Crippen LogP contribution in [0.2, 0.25) is 0 Å². The van der Waals surface area contributed by atoms with Gasteiger partial charge in [-0.25, -0.2) is 4.98 Å². The predicted molar refractivity (Wildman–Crippen MR) is 138 cm³/mol. The fourth-order valence-corrected chi connectivity index (χ4v) is 3.91. The van der Waals surface area contributed by atoms with Crippen LogP contribution in [0.4, 0.5) is 0 Å². The van der Waals surface area contributed by atoms with E-state index in [2.05, 4.69) is 63.6 Å². The number of likely N-dealkylation sites (tertiary alicyclic amines) is 1. The van der Waals surface area contributed by atoms with Gasteiger partial charge < -0.3 is 15.1 Å². The molecule has 0 spiro atoms. The highest BCUT2D eigenvalue weighted by Gasteiger charge is 2.21. The van der Waals surface area contributed by atoms with Crippen LogP contribution in [0.1, 0.15) is 61.2 Å². The number of benzene rings is 1. The summed E-state index contributed by atoms with van der Waals surface area (Å²) in [6.45, 7) is 12.3. The van der Waals surface area contributed by atoms with E-state index in [1.54, 1.807) is 0 Å². The SMILES string of the molecule is CCc1ccc(C(C)NC(=NC)NCC2CCN(Cc3nc(C)c(C)o3)CC2)cc1.I. The summed E-state index contributed by atoms with van der Waals surface area (Å²) in [6, 6.07) is 9.04. The number of nitrogens with zero attached hydrogens (tertiary/aromatic N) is 3. The second kappa shape index (κ2) is 12.4. The van der Waals surface area contributed by atoms with E-state index in [1.165, 1.54) is 24.0 Å². The summed E-state index contributed by atoms with van der Waals surface area (Å²) < 4.78 is 5.73. The fourth-order valence-electron chi connectivity index (χ4n) is 3.91. The van der Waals surface area contributed by atoms with E-state index in [1.807, 2.05) is 20.9 Å². The zero-order valence-corrected chi connectivity index (χ0v) is 21.9. The van der Waals surface area contributed by atoms with Gasteiger partial charge in [-0.2, -0.15) is 0 Å². The van der Waals surface area contributed by atoms with Crippen LogP contribution in [-0.2, 0) is 13.0 Å². The molecular weight excluding hydrogens is 501 g/mol. The molecule has 2 N–H and O–H groups in total. The molecule has 3 rings (SSSR count). The number of aliphatic imine (C=N–C) groups is 1. The van der Waals surface area contributed by atoms with Crippen molar-refractivity contribution in [2.75, 3.05) is 26.7 Å². The van der Waals surface area contributed by atoms with Gasteiger partial charge in [0.2, 0.25) is 5.89 Å². The number of guanidine groups is 1. The van der Waals surface area contributed by atoms with Gasteiger partial charge in [-0.3, -0.25) is 9.89 Å². The molecule has 31 heavy (non-hydrogen) atoms. The highest BCUT2D eigenvalue weighted by molar-refractivity contribution is 14.0. The molecule has 172 valence electrons. The first-order chi connectivity index (χ1) is 14.5. The third-order valence-corrected chi connectivity index (χ3v) is 6.16. The normalized spacial score (nSPS) is 16.6. The van der Waals surface area contributed by atoms with Gasteiger partial charge in [-0.15, -0.1) is 24.0 Å². The lowest BCUT2D eigenvalue weighted by molar-refractivity contribution is 0.164. The summed E-state index contributed by atoms with van der Waals surface area (Å²) in [5.41, 5.74) is 3.65. The third-order valence-electron chi connectivity index (χ3n) is 6.16. The summed E-state index contributed by atoms with van der Waals surface area (Å²) in [6.07, 6.45) is 3.43. The third kappa shape index (κ3) is 7.49. The number of piperidine rings is 1. The number of hydrogen-bond acceptors (Lipinski definition) is 4. The van der Waals surface area contributed by atoms with Crippen molar-refractivity contribution in [2.45, 2.75) is 59.5 Å². The number of aromatic nitrogens is 1. The molecule has 0 amide bonds. The molecule has 1 aliphatic heterocycles. The number of rotatable bonds is 7. The molecule has 1 saturated heterocycles. The Morgan fingerprint density at radius 3 is 2.45 bits per heavy atom. The van der Waals surface area contributed by atoms with Crippen LogP contribution in [0.3, 0.4) is 0 Å². The van der Waals surface area contributed by atoms with Gasteiger partial charge >= 0.3 is 0 Å². The molecule has 2 heterocycles. The smallest absolute Gasteiger partial charge is 0.208 e. The van der Waals surface area contributed by atoms with Gasteiger partial charge in [-0.05, 0) is 70.2 Å². The first-order valence-corrected chi connectivity index (χ1v) is 11.2. The highest BCUT2D eigenvalue weighted by atomic mass is 127. The van der Waals surface area contributed by atoms with E-state index in [4.69, 9.17) is 4.42 Å². The van der Waals surface area contributed by atoms with Gasteiger partial charge in [0.25, 0.3) is 0 Å². The predicted octanol–water partition coefficient (Wildman–Crippen LogP) is 4.61. The summed E-state index contributed by atoms with van der Waals surface area (Å²) in [5.74, 6) is 3.30. The van der Waals surface area contributed by atoms with Crippen molar-refractivity contribution in [3.8, 4) is 0 Å². The lowest BCUT2D eigenvalue weighted by Gasteiger charge is -2.31. The van der Waals surface area contributed by atoms with Crippen LogP contribution in [0, 0.1) is 19.8 Å². The average molecular weight is 540 g/mol. The molecule has 2 aromatic rings. The van der Waals surface area contributed by atoms with E-state index < -0.39 is 0 Å². The number of aryl methyl sites for hydroxylation is 3. The first-order valence-electron chi connectivity index (χ1n) is 11.2. The maximum absolute atomic E-state index is 5.73. The number of nitrogens with one attached hydrogen (secondary N) is 2. The standard InChI is InChI=1S/C24H37N5O.HI/c1-6-20-7-9-22(10-8-20)18(3)28-24(25-5)26-15-21-11-13-29(14-12-21)16-23-27-17(2)19(4)30-23;/h7-10,18,21H,6,11-16H2,1-5H3,(H2,25,26,28);1H. The Morgan fingerprint density at radius 2 is 1.90 bits per heavy atom. The summed E-state index contributed by atoms with van der Waals surface area (Å²) in [7, 11) is 1.84. The van der Waals surface area contributed by atoms with Crippen LogP contribution in [0.5, 0.6) is 0 Å². The average Bonchev–Trinajstić information content (AvgIpc) is 3.08. The number of halogens is 1. The maximum atomic E-state index is 5.73. The lowest BCUT2D eigenvalue weighted by atomic mass is 9.97. The monoisotopic (exact) mass is 539 g/mol. The molecule has 0 radical (unpaired) electrons. The molecule has 1 aromatic carbocycles. The minimum absolute atomic E-state index is 0. The van der Waals surface area contributed by atoms with E-state index in [9.17, 15) is 0 Å². The van der Waals surface area contributed by atoms with E-state index in [0.717, 1.165) is 55.9 Å². The van der Waals surface area contributed by atoms with Crippen molar-refractivity contribution >= 4 is 29.9 Å². The van der Waals surface area contributed by atoms with Crippen molar-refractivity contribution in [2.24, 2.45) is 10.9 Å². The largest absolute Gasteiger partial charge is 0.444 e. The van der Waals surface area contributed by atoms with Crippen LogP contribution in [0.15, 0.2) is 33.7 Å². The quantitative estimate of drug-likeness (QED) is 0.306. The molecule has 1 atom stereocenters. The Kier molecular flexibility index (Phi) is 10.3. The van der Waals surface area contributed by atoms with Crippen LogP contribution >= 0.6 is 24.0 Å². The maximum Gasteiger partial charge on any atom is 0.208 e. The van der Waals surface area contributed by atoms with E-state index >= 15 is 0 Å². The number of hydrogen-bond donors (Lipinski definition) is 2. The second-order valence-corrected chi connectivity index (χ2v) is 8.38. The Balaban J connectivity index is 0.00000341. The van der Waals surface area contributed by atoms with Crippen molar-refractivity contribution < 1.29 is 4.42 Å². The minimum Gasteiger partial charge on any atom is -0.444 e. The molecule has 1 aliphatic rings. The van der Waals surface area contributed by atoms with Crippen molar-refractivity contribution in [3.63, 3.8) is 0 Å². The van der Waals surface area contributed by atoms with E-state index in [-0.39, 0.29) is 30.0 Å².